The van der Waals surface area contributed by atoms with Crippen LogP contribution in [0.3, 0.4) is 0 Å². The zero-order valence-electron chi connectivity index (χ0n) is 6.20. The highest BCUT2D eigenvalue weighted by Crippen LogP contribution is 2.33. The van der Waals surface area contributed by atoms with Crippen LogP contribution >= 0.6 is 0 Å². The minimum atomic E-state index is -3.09. The average molecular weight is 181 g/mol. The molecule has 0 bridgehead atoms. The molecule has 1 atom stereocenters. The Morgan fingerprint density at radius 2 is 2.25 bits per heavy atom. The molecule has 0 radical (unpaired) electrons. The van der Waals surface area contributed by atoms with Gasteiger partial charge in [-0.15, -0.1) is 0 Å². The zero-order chi connectivity index (χ0) is 9.35. The number of aliphatic hydroxyl groups is 1. The largest absolute Gasteiger partial charge is 0.465 e. The van der Waals surface area contributed by atoms with Crippen molar-refractivity contribution in [3.05, 3.63) is 0 Å². The fourth-order valence-electron chi connectivity index (χ4n) is 1.28. The summed E-state index contributed by atoms with van der Waals surface area (Å²) < 4.78 is 25.5. The van der Waals surface area contributed by atoms with Crippen LogP contribution in [-0.4, -0.2) is 46.3 Å². The summed E-state index contributed by atoms with van der Waals surface area (Å²) in [4.78, 5) is 10.9. The molecule has 0 aromatic heterocycles. The molecular formula is C6H9F2NO3. The van der Waals surface area contributed by atoms with Crippen LogP contribution in [0.25, 0.3) is 0 Å². The summed E-state index contributed by atoms with van der Waals surface area (Å²) in [6.07, 6.45) is -1.92. The summed E-state index contributed by atoms with van der Waals surface area (Å²) in [5.41, 5.74) is 0. The van der Waals surface area contributed by atoms with Crippen molar-refractivity contribution in [1.82, 2.24) is 4.90 Å². The van der Waals surface area contributed by atoms with Crippen LogP contribution in [-0.2, 0) is 0 Å². The Balaban J connectivity index is 2.76. The number of hydrogen-bond acceptors (Lipinski definition) is 2. The molecule has 0 aromatic rings. The number of carbonyl (C=O) groups is 1. The highest BCUT2D eigenvalue weighted by Gasteiger charge is 2.50. The van der Waals surface area contributed by atoms with Crippen molar-refractivity contribution >= 4 is 6.09 Å². The smallest absolute Gasteiger partial charge is 0.407 e. The second-order valence-electron chi connectivity index (χ2n) is 2.69. The number of likely N-dealkylation sites (tertiary alicyclic amines) is 1. The lowest BCUT2D eigenvalue weighted by Gasteiger charge is -2.22. The van der Waals surface area contributed by atoms with Crippen LogP contribution in [0.4, 0.5) is 13.6 Å². The first-order valence-corrected chi connectivity index (χ1v) is 3.47. The minimum Gasteiger partial charge on any atom is -0.465 e. The van der Waals surface area contributed by atoms with Gasteiger partial charge in [0.25, 0.3) is 5.92 Å². The minimum absolute atomic E-state index is 0.215. The maximum atomic E-state index is 12.8. The topological polar surface area (TPSA) is 60.8 Å². The SMILES string of the molecule is O=C(O)N1CCC(F)(F)C1CO. The Labute approximate surface area is 67.4 Å². The molecular weight excluding hydrogens is 172 g/mol. The lowest BCUT2D eigenvalue weighted by Crippen LogP contribution is -2.44. The maximum absolute atomic E-state index is 12.8. The van der Waals surface area contributed by atoms with Gasteiger partial charge in [-0.25, -0.2) is 13.6 Å². The zero-order valence-corrected chi connectivity index (χ0v) is 6.20. The molecule has 1 rings (SSSR count). The average Bonchev–Trinajstić information content (AvgIpc) is 2.24. The van der Waals surface area contributed by atoms with Gasteiger partial charge >= 0.3 is 6.09 Å². The van der Waals surface area contributed by atoms with Gasteiger partial charge < -0.3 is 10.2 Å². The van der Waals surface area contributed by atoms with Crippen LogP contribution in [0, 0.1) is 0 Å². The van der Waals surface area contributed by atoms with E-state index in [9.17, 15) is 13.6 Å². The monoisotopic (exact) mass is 181 g/mol. The first kappa shape index (κ1) is 9.18. The predicted molar refractivity (Wildman–Crippen MR) is 35.2 cm³/mol. The number of halogens is 2. The molecule has 2 N–H and O–H groups in total. The van der Waals surface area contributed by atoms with E-state index in [1.165, 1.54) is 0 Å². The Bertz CT molecular complexity index is 197. The molecule has 1 fully saturated rings. The van der Waals surface area contributed by atoms with E-state index in [2.05, 4.69) is 0 Å². The van der Waals surface area contributed by atoms with Crippen molar-refractivity contribution in [1.29, 1.82) is 0 Å². The van der Waals surface area contributed by atoms with E-state index < -0.39 is 31.1 Å². The van der Waals surface area contributed by atoms with Crippen molar-refractivity contribution in [2.24, 2.45) is 0 Å². The maximum Gasteiger partial charge on any atom is 0.407 e. The van der Waals surface area contributed by atoms with Crippen molar-refractivity contribution in [3.63, 3.8) is 0 Å². The molecule has 0 spiro atoms. The fraction of sp³-hybridized carbons (Fsp3) is 0.833. The Kier molecular flexibility index (Phi) is 2.18. The van der Waals surface area contributed by atoms with E-state index in [0.29, 0.717) is 4.90 Å². The standard InChI is InChI=1S/C6H9F2NO3/c7-6(8)1-2-9(5(11)12)4(6)3-10/h4,10H,1-3H2,(H,11,12). The first-order valence-electron chi connectivity index (χ1n) is 3.47. The van der Waals surface area contributed by atoms with Gasteiger partial charge in [0.05, 0.1) is 6.61 Å². The molecule has 1 heterocycles. The molecule has 1 aliphatic heterocycles. The highest BCUT2D eigenvalue weighted by molar-refractivity contribution is 5.66. The van der Waals surface area contributed by atoms with E-state index >= 15 is 0 Å². The third kappa shape index (κ3) is 1.34. The van der Waals surface area contributed by atoms with Gasteiger partial charge in [-0.1, -0.05) is 0 Å². The first-order chi connectivity index (χ1) is 5.49. The van der Waals surface area contributed by atoms with Crippen molar-refractivity contribution in [2.75, 3.05) is 13.2 Å². The van der Waals surface area contributed by atoms with Gasteiger partial charge in [0.1, 0.15) is 6.04 Å². The van der Waals surface area contributed by atoms with Crippen LogP contribution in [0.2, 0.25) is 0 Å². The molecule has 1 aliphatic rings. The summed E-state index contributed by atoms with van der Waals surface area (Å²) in [5.74, 6) is -3.09. The summed E-state index contributed by atoms with van der Waals surface area (Å²) >= 11 is 0. The Hall–Kier alpha value is -0.910. The van der Waals surface area contributed by atoms with Gasteiger partial charge in [-0.05, 0) is 0 Å². The molecule has 0 aromatic carbocycles. The summed E-state index contributed by atoms with van der Waals surface area (Å²) in [7, 11) is 0. The predicted octanol–water partition coefficient (Wildman–Crippen LogP) is 0.366. The molecule has 6 heteroatoms. The van der Waals surface area contributed by atoms with E-state index in [-0.39, 0.29) is 6.54 Å². The molecule has 4 nitrogen and oxygen atoms in total. The summed E-state index contributed by atoms with van der Waals surface area (Å²) in [6, 6.07) is -1.57. The Morgan fingerprint density at radius 1 is 1.67 bits per heavy atom. The van der Waals surface area contributed by atoms with Gasteiger partial charge in [-0.3, -0.25) is 4.90 Å². The second-order valence-corrected chi connectivity index (χ2v) is 2.69. The van der Waals surface area contributed by atoms with Gasteiger partial charge in [0.2, 0.25) is 0 Å². The summed E-state index contributed by atoms with van der Waals surface area (Å²) in [5, 5.41) is 17.0. The van der Waals surface area contributed by atoms with Gasteiger partial charge in [0.15, 0.2) is 0 Å². The molecule has 70 valence electrons. The number of carboxylic acid groups (broad SMARTS) is 1. The van der Waals surface area contributed by atoms with Crippen molar-refractivity contribution in [3.8, 4) is 0 Å². The van der Waals surface area contributed by atoms with Crippen LogP contribution < -0.4 is 0 Å². The van der Waals surface area contributed by atoms with Crippen molar-refractivity contribution in [2.45, 2.75) is 18.4 Å². The van der Waals surface area contributed by atoms with Gasteiger partial charge in [-0.2, -0.15) is 0 Å². The Morgan fingerprint density at radius 3 is 2.58 bits per heavy atom. The summed E-state index contributed by atoms with van der Waals surface area (Å²) in [6.45, 7) is -1.05. The number of hydrogen-bond donors (Lipinski definition) is 2. The van der Waals surface area contributed by atoms with E-state index in [4.69, 9.17) is 10.2 Å². The number of rotatable bonds is 1. The number of aliphatic hydroxyl groups excluding tert-OH is 1. The lowest BCUT2D eigenvalue weighted by atomic mass is 10.2. The van der Waals surface area contributed by atoms with E-state index in [0.717, 1.165) is 0 Å². The number of nitrogens with zero attached hydrogens (tertiary/aromatic N) is 1. The molecule has 1 amide bonds. The molecule has 0 aliphatic carbocycles. The van der Waals surface area contributed by atoms with Gasteiger partial charge in [0, 0.05) is 13.0 Å². The molecule has 1 saturated heterocycles. The quantitative estimate of drug-likeness (QED) is 0.614. The third-order valence-electron chi connectivity index (χ3n) is 1.97. The third-order valence-corrected chi connectivity index (χ3v) is 1.97. The van der Waals surface area contributed by atoms with E-state index in [1.54, 1.807) is 0 Å². The highest BCUT2D eigenvalue weighted by atomic mass is 19.3. The van der Waals surface area contributed by atoms with Crippen molar-refractivity contribution < 1.29 is 23.8 Å². The fourth-order valence-corrected chi connectivity index (χ4v) is 1.28. The lowest BCUT2D eigenvalue weighted by molar-refractivity contribution is -0.0474. The number of amides is 1. The van der Waals surface area contributed by atoms with Crippen LogP contribution in [0.5, 0.6) is 0 Å². The second kappa shape index (κ2) is 2.85. The van der Waals surface area contributed by atoms with Crippen LogP contribution in [0.1, 0.15) is 6.42 Å². The normalized spacial score (nSPS) is 27.6. The molecule has 1 unspecified atom stereocenters. The molecule has 12 heavy (non-hydrogen) atoms. The van der Waals surface area contributed by atoms with E-state index in [1.807, 2.05) is 0 Å². The number of alkyl halides is 2. The molecule has 0 saturated carbocycles. The van der Waals surface area contributed by atoms with Crippen LogP contribution in [0.15, 0.2) is 0 Å².